The number of hydrogen-bond acceptors (Lipinski definition) is 2. The van der Waals surface area contributed by atoms with Crippen LogP contribution in [0, 0.1) is 0 Å². The Morgan fingerprint density at radius 1 is 0.364 bits per heavy atom. The smallest absolute Gasteiger partial charge is 0.135 e. The lowest BCUT2D eigenvalue weighted by molar-refractivity contribution is 0.607. The predicted molar refractivity (Wildman–Crippen MR) is 277 cm³/mol. The fraction of sp³-hybridized carbons (Fsp3) is 0.131. The fourth-order valence-electron chi connectivity index (χ4n) is 10.9. The number of nitrogens with zero attached hydrogens (tertiary/aromatic N) is 4. The van der Waals surface area contributed by atoms with E-state index >= 15 is 0 Å². The molecule has 318 valence electrons. The molecule has 0 spiro atoms. The van der Waals surface area contributed by atoms with Crippen molar-refractivity contribution in [3.8, 4) is 28.2 Å². The summed E-state index contributed by atoms with van der Waals surface area (Å²) in [6.07, 6.45) is 13.0. The Hall–Kier alpha value is -7.89. The van der Waals surface area contributed by atoms with E-state index in [0.717, 1.165) is 67.6 Å². The van der Waals surface area contributed by atoms with Crippen molar-refractivity contribution < 1.29 is 4.42 Å². The van der Waals surface area contributed by atoms with Crippen LogP contribution in [-0.2, 0) is 6.42 Å². The summed E-state index contributed by atoms with van der Waals surface area (Å²) in [5.74, 6) is 0. The molecule has 0 saturated carbocycles. The van der Waals surface area contributed by atoms with Gasteiger partial charge in [-0.15, -0.1) is 0 Å². The molecule has 0 radical (unpaired) electrons. The Bertz CT molecular complexity index is 3950. The van der Waals surface area contributed by atoms with Gasteiger partial charge in [0.25, 0.3) is 0 Å². The number of aryl methyl sites for hydroxylation is 1. The van der Waals surface area contributed by atoms with Crippen molar-refractivity contribution >= 4 is 87.4 Å². The van der Waals surface area contributed by atoms with E-state index < -0.39 is 0 Å². The van der Waals surface area contributed by atoms with Gasteiger partial charge in [0, 0.05) is 48.8 Å². The summed E-state index contributed by atoms with van der Waals surface area (Å²) in [4.78, 5) is 4.86. The van der Waals surface area contributed by atoms with Crippen LogP contribution < -0.4 is 0 Å². The summed E-state index contributed by atoms with van der Waals surface area (Å²) < 4.78 is 13.6. The molecule has 0 aliphatic heterocycles. The zero-order valence-corrected chi connectivity index (χ0v) is 37.0. The summed E-state index contributed by atoms with van der Waals surface area (Å²) in [7, 11) is 0. The van der Waals surface area contributed by atoms with E-state index in [2.05, 4.69) is 197 Å². The summed E-state index contributed by atoms with van der Waals surface area (Å²) in [6, 6.07) is 64.4. The van der Waals surface area contributed by atoms with Crippen LogP contribution in [0.4, 0.5) is 0 Å². The lowest BCUT2D eigenvalue weighted by atomic mass is 10.0. The Morgan fingerprint density at radius 2 is 0.818 bits per heavy atom. The molecule has 8 aromatic carbocycles. The Balaban J connectivity index is 0.887. The molecule has 13 aromatic rings. The van der Waals surface area contributed by atoms with Crippen molar-refractivity contribution in [1.82, 2.24) is 18.7 Å². The highest BCUT2D eigenvalue weighted by Gasteiger charge is 2.19. The second-order valence-electron chi connectivity index (χ2n) is 18.1. The number of hydrogen-bond donors (Lipinski definition) is 0. The van der Waals surface area contributed by atoms with E-state index in [1.54, 1.807) is 0 Å². The molecule has 0 amide bonds. The molecule has 0 atom stereocenters. The quantitative estimate of drug-likeness (QED) is 0.122. The highest BCUT2D eigenvalue weighted by Crippen LogP contribution is 2.40. The van der Waals surface area contributed by atoms with E-state index in [1.807, 2.05) is 12.4 Å². The van der Waals surface area contributed by atoms with Crippen LogP contribution in [0.25, 0.3) is 116 Å². The van der Waals surface area contributed by atoms with Gasteiger partial charge in [-0.2, -0.15) is 0 Å². The van der Waals surface area contributed by atoms with E-state index in [9.17, 15) is 0 Å². The van der Waals surface area contributed by atoms with E-state index in [4.69, 9.17) is 9.40 Å². The standard InChI is InChI=1S/C61H48N4O/c1-2-3-4-5-6-7-16-40-25-29-58-50(33-40)48-19-10-14-23-56(48)63(58)43-28-32-61-53(37-43)52-35-42(27-31-60(52)66-61)41-26-30-59-51(34-41)49-20-11-15-24-57(49)65(59)45-36-44(38-62-39-45)64-54-21-12-8-17-46(54)47-18-9-13-22-55(47)64/h8-15,17-39H,2-7,16H2,1H3. The van der Waals surface area contributed by atoms with Crippen LogP contribution in [0.1, 0.15) is 51.0 Å². The van der Waals surface area contributed by atoms with Crippen LogP contribution in [0.3, 0.4) is 0 Å². The molecule has 0 saturated heterocycles. The molecule has 5 heterocycles. The lowest BCUT2D eigenvalue weighted by Crippen LogP contribution is -1.99. The topological polar surface area (TPSA) is 40.8 Å². The minimum Gasteiger partial charge on any atom is -0.456 e. The number of rotatable bonds is 11. The van der Waals surface area contributed by atoms with Crippen molar-refractivity contribution in [2.45, 2.75) is 51.9 Å². The van der Waals surface area contributed by atoms with Gasteiger partial charge in [0.1, 0.15) is 11.2 Å². The lowest BCUT2D eigenvalue weighted by Gasteiger charge is -2.12. The number of para-hydroxylation sites is 4. The highest BCUT2D eigenvalue weighted by molar-refractivity contribution is 6.13. The number of fused-ring (bicyclic) bond motifs is 12. The second-order valence-corrected chi connectivity index (χ2v) is 18.1. The van der Waals surface area contributed by atoms with Crippen LogP contribution in [0.2, 0.25) is 0 Å². The molecular formula is C61H48N4O. The van der Waals surface area contributed by atoms with Gasteiger partial charge in [0.15, 0.2) is 0 Å². The minimum absolute atomic E-state index is 0.890. The van der Waals surface area contributed by atoms with Crippen molar-refractivity contribution in [1.29, 1.82) is 0 Å². The van der Waals surface area contributed by atoms with Crippen LogP contribution in [0.15, 0.2) is 193 Å². The first-order chi connectivity index (χ1) is 32.7. The Labute approximate surface area is 382 Å². The van der Waals surface area contributed by atoms with E-state index in [-0.39, 0.29) is 0 Å². The third kappa shape index (κ3) is 6.18. The number of unbranched alkanes of at least 4 members (excludes halogenated alkanes) is 5. The maximum atomic E-state index is 6.52. The first kappa shape index (κ1) is 38.6. The SMILES string of the molecule is CCCCCCCCc1ccc2c(c1)c1ccccc1n2-c1ccc2oc3ccc(-c4ccc5c(c4)c4ccccc4n5-c4cncc(-n5c6ccccc6c6ccccc65)c4)cc3c2c1. The Kier molecular flexibility index (Phi) is 9.16. The number of furan rings is 1. The second kappa shape index (κ2) is 15.7. The summed E-state index contributed by atoms with van der Waals surface area (Å²) in [5, 5.41) is 9.71. The van der Waals surface area contributed by atoms with Crippen molar-refractivity contribution in [3.63, 3.8) is 0 Å². The molecule has 0 N–H and O–H groups in total. The van der Waals surface area contributed by atoms with Crippen LogP contribution in [0.5, 0.6) is 0 Å². The number of aromatic nitrogens is 4. The monoisotopic (exact) mass is 852 g/mol. The van der Waals surface area contributed by atoms with E-state index in [1.165, 1.54) is 98.5 Å². The molecular weight excluding hydrogens is 805 g/mol. The summed E-state index contributed by atoms with van der Waals surface area (Å²) in [6.45, 7) is 2.28. The van der Waals surface area contributed by atoms with Gasteiger partial charge in [-0.3, -0.25) is 4.98 Å². The molecule has 66 heavy (non-hydrogen) atoms. The zero-order valence-electron chi connectivity index (χ0n) is 37.0. The average Bonchev–Trinajstić information content (AvgIpc) is 4.11. The molecule has 5 heteroatoms. The van der Waals surface area contributed by atoms with Gasteiger partial charge < -0.3 is 18.1 Å². The molecule has 0 aliphatic rings. The van der Waals surface area contributed by atoms with Crippen molar-refractivity contribution in [2.75, 3.05) is 0 Å². The third-order valence-corrected chi connectivity index (χ3v) is 14.1. The Morgan fingerprint density at radius 3 is 1.44 bits per heavy atom. The fourth-order valence-corrected chi connectivity index (χ4v) is 10.9. The first-order valence-electron chi connectivity index (χ1n) is 23.7. The normalized spacial score (nSPS) is 12.1. The zero-order chi connectivity index (χ0) is 43.7. The van der Waals surface area contributed by atoms with Gasteiger partial charge in [-0.1, -0.05) is 130 Å². The first-order valence-corrected chi connectivity index (χ1v) is 23.7. The van der Waals surface area contributed by atoms with Gasteiger partial charge >= 0.3 is 0 Å². The van der Waals surface area contributed by atoms with Gasteiger partial charge in [0.2, 0.25) is 0 Å². The summed E-state index contributed by atoms with van der Waals surface area (Å²) >= 11 is 0. The maximum absolute atomic E-state index is 6.52. The molecule has 5 nitrogen and oxygen atoms in total. The van der Waals surface area contributed by atoms with Crippen molar-refractivity contribution in [3.05, 3.63) is 194 Å². The predicted octanol–water partition coefficient (Wildman–Crippen LogP) is 16.8. The number of benzene rings is 8. The molecule has 0 unspecified atom stereocenters. The largest absolute Gasteiger partial charge is 0.456 e. The van der Waals surface area contributed by atoms with E-state index in [0.29, 0.717) is 0 Å². The molecule has 5 aromatic heterocycles. The van der Waals surface area contributed by atoms with Crippen molar-refractivity contribution in [2.24, 2.45) is 0 Å². The summed E-state index contributed by atoms with van der Waals surface area (Å²) in [5.41, 5.74) is 15.8. The maximum Gasteiger partial charge on any atom is 0.135 e. The highest BCUT2D eigenvalue weighted by atomic mass is 16.3. The minimum atomic E-state index is 0.890. The number of pyridine rings is 1. The molecule has 0 bridgehead atoms. The average molecular weight is 853 g/mol. The van der Waals surface area contributed by atoms with Crippen LogP contribution >= 0.6 is 0 Å². The van der Waals surface area contributed by atoms with Gasteiger partial charge in [-0.25, -0.2) is 0 Å². The third-order valence-electron chi connectivity index (χ3n) is 14.1. The molecule has 13 rings (SSSR count). The molecule has 0 aliphatic carbocycles. The molecule has 0 fully saturated rings. The van der Waals surface area contributed by atoms with Gasteiger partial charge in [-0.05, 0) is 114 Å². The van der Waals surface area contributed by atoms with Gasteiger partial charge in [0.05, 0.1) is 56.9 Å². The van der Waals surface area contributed by atoms with Crippen LogP contribution in [-0.4, -0.2) is 18.7 Å².